The fraction of sp³-hybridized carbons (Fsp3) is 0.765. The van der Waals surface area contributed by atoms with Gasteiger partial charge in [-0.05, 0) is 13.3 Å². The highest BCUT2D eigenvalue weighted by atomic mass is 16.5. The molecule has 0 aromatic rings. The molecule has 0 saturated carbocycles. The van der Waals surface area contributed by atoms with Gasteiger partial charge in [-0.3, -0.25) is 0 Å². The van der Waals surface area contributed by atoms with Crippen molar-refractivity contribution < 1.29 is 4.74 Å². The van der Waals surface area contributed by atoms with Gasteiger partial charge in [0.05, 0.1) is 5.70 Å². The van der Waals surface area contributed by atoms with Crippen molar-refractivity contribution in [3.63, 3.8) is 0 Å². The van der Waals surface area contributed by atoms with Crippen LogP contribution in [0.4, 0.5) is 0 Å². The molecule has 0 bridgehead atoms. The maximum atomic E-state index is 5.51. The fourth-order valence-corrected chi connectivity index (χ4v) is 2.46. The van der Waals surface area contributed by atoms with Gasteiger partial charge in [0.25, 0.3) is 0 Å². The molecule has 0 radical (unpaired) electrons. The number of unbranched alkanes of at least 4 members (excludes halogenated alkanes) is 9. The lowest BCUT2D eigenvalue weighted by Crippen LogP contribution is -2.10. The highest BCUT2D eigenvalue weighted by Gasteiger charge is 2.05. The van der Waals surface area contributed by atoms with Crippen molar-refractivity contribution in [2.45, 2.75) is 84.5 Å². The largest absolute Gasteiger partial charge is 0.466 e. The first kappa shape index (κ1) is 16.1. The molecule has 1 heterocycles. The van der Waals surface area contributed by atoms with Crippen LogP contribution in [0.2, 0.25) is 0 Å². The van der Waals surface area contributed by atoms with Crippen LogP contribution in [0.1, 0.15) is 84.5 Å². The normalized spacial score (nSPS) is 14.4. The molecule has 0 saturated heterocycles. The van der Waals surface area contributed by atoms with Crippen LogP contribution in [-0.2, 0) is 4.74 Å². The first-order chi connectivity index (χ1) is 9.34. The van der Waals surface area contributed by atoms with Crippen molar-refractivity contribution in [1.82, 2.24) is 5.32 Å². The summed E-state index contributed by atoms with van der Waals surface area (Å²) >= 11 is 0. The van der Waals surface area contributed by atoms with Gasteiger partial charge in [-0.2, -0.15) is 0 Å². The third-order valence-electron chi connectivity index (χ3n) is 3.75. The summed E-state index contributed by atoms with van der Waals surface area (Å²) in [4.78, 5) is 0. The average molecular weight is 265 g/mol. The summed E-state index contributed by atoms with van der Waals surface area (Å²) in [5, 5.41) is 3.19. The van der Waals surface area contributed by atoms with Crippen molar-refractivity contribution in [3.05, 3.63) is 23.9 Å². The number of hydrogen-bond acceptors (Lipinski definition) is 2. The van der Waals surface area contributed by atoms with Crippen molar-refractivity contribution in [1.29, 1.82) is 0 Å². The van der Waals surface area contributed by atoms with E-state index < -0.39 is 0 Å². The number of ether oxygens (including phenoxy) is 1. The molecule has 0 aromatic heterocycles. The van der Waals surface area contributed by atoms with Crippen LogP contribution in [-0.4, -0.2) is 0 Å². The van der Waals surface area contributed by atoms with Gasteiger partial charge in [0.1, 0.15) is 12.0 Å². The van der Waals surface area contributed by atoms with E-state index in [0.717, 1.165) is 12.2 Å². The van der Waals surface area contributed by atoms with Gasteiger partial charge in [-0.25, -0.2) is 0 Å². The van der Waals surface area contributed by atoms with Crippen LogP contribution in [0.25, 0.3) is 0 Å². The summed E-state index contributed by atoms with van der Waals surface area (Å²) in [6, 6.07) is 0. The van der Waals surface area contributed by atoms with Crippen molar-refractivity contribution in [3.8, 4) is 0 Å². The summed E-state index contributed by atoms with van der Waals surface area (Å²) in [7, 11) is 0. The molecule has 2 heteroatoms. The molecular formula is C17H31NO. The number of rotatable bonds is 11. The molecule has 19 heavy (non-hydrogen) atoms. The molecule has 1 rings (SSSR count). The molecular weight excluding hydrogens is 234 g/mol. The molecule has 0 aromatic carbocycles. The molecule has 1 N–H and O–H groups in total. The molecule has 1 aliphatic heterocycles. The minimum atomic E-state index is 1.07. The van der Waals surface area contributed by atoms with E-state index in [1.54, 1.807) is 6.26 Å². The molecule has 1 aliphatic rings. The highest BCUT2D eigenvalue weighted by molar-refractivity contribution is 5.10. The standard InChI is InChI=1S/C17H31NO/c1-3-4-5-6-7-8-9-10-11-12-13-17-16(2)18-14-15-19-17/h14-15,18H,3-13H2,1-2H3. The molecule has 0 fully saturated rings. The minimum absolute atomic E-state index is 1.07. The van der Waals surface area contributed by atoms with Crippen LogP contribution in [0.15, 0.2) is 23.9 Å². The van der Waals surface area contributed by atoms with E-state index in [0.29, 0.717) is 0 Å². The second kappa shape index (κ2) is 11.0. The second-order valence-corrected chi connectivity index (χ2v) is 5.55. The van der Waals surface area contributed by atoms with Gasteiger partial charge in [0, 0.05) is 12.6 Å². The van der Waals surface area contributed by atoms with E-state index in [1.165, 1.54) is 69.9 Å². The summed E-state index contributed by atoms with van der Waals surface area (Å²) in [6.45, 7) is 4.35. The highest BCUT2D eigenvalue weighted by Crippen LogP contribution is 2.17. The predicted octanol–water partition coefficient (Wildman–Crippen LogP) is 5.62. The molecule has 0 spiro atoms. The third-order valence-corrected chi connectivity index (χ3v) is 3.75. The van der Waals surface area contributed by atoms with Crippen molar-refractivity contribution >= 4 is 0 Å². The smallest absolute Gasteiger partial charge is 0.122 e. The van der Waals surface area contributed by atoms with Crippen LogP contribution < -0.4 is 5.32 Å². The number of nitrogens with one attached hydrogen (secondary N) is 1. The Kier molecular flexibility index (Phi) is 9.30. The molecule has 0 unspecified atom stereocenters. The Morgan fingerprint density at radius 3 is 2.05 bits per heavy atom. The van der Waals surface area contributed by atoms with E-state index in [4.69, 9.17) is 4.74 Å². The van der Waals surface area contributed by atoms with Gasteiger partial charge >= 0.3 is 0 Å². The summed E-state index contributed by atoms with van der Waals surface area (Å²) < 4.78 is 5.51. The van der Waals surface area contributed by atoms with E-state index in [2.05, 4.69) is 19.2 Å². The first-order valence-corrected chi connectivity index (χ1v) is 8.12. The van der Waals surface area contributed by atoms with Gasteiger partial charge < -0.3 is 10.1 Å². The lowest BCUT2D eigenvalue weighted by Gasteiger charge is -2.15. The lowest BCUT2D eigenvalue weighted by molar-refractivity contribution is 0.309. The van der Waals surface area contributed by atoms with E-state index in [9.17, 15) is 0 Å². The minimum Gasteiger partial charge on any atom is -0.466 e. The van der Waals surface area contributed by atoms with Gasteiger partial charge in [0.2, 0.25) is 0 Å². The van der Waals surface area contributed by atoms with Gasteiger partial charge in [0.15, 0.2) is 0 Å². The zero-order valence-electron chi connectivity index (χ0n) is 12.8. The lowest BCUT2D eigenvalue weighted by atomic mass is 10.1. The number of hydrogen-bond donors (Lipinski definition) is 1. The zero-order valence-corrected chi connectivity index (χ0v) is 12.8. The molecule has 0 amide bonds. The van der Waals surface area contributed by atoms with Crippen LogP contribution in [0, 0.1) is 0 Å². The Hall–Kier alpha value is -0.920. The zero-order chi connectivity index (χ0) is 13.8. The SMILES string of the molecule is CCCCCCCCCCCCC1=C(C)NC=CO1. The third kappa shape index (κ3) is 7.97. The molecule has 110 valence electrons. The Labute approximate surface area is 119 Å². The van der Waals surface area contributed by atoms with E-state index in [1.807, 2.05) is 6.20 Å². The van der Waals surface area contributed by atoms with Crippen molar-refractivity contribution in [2.75, 3.05) is 0 Å². The molecule has 2 nitrogen and oxygen atoms in total. The summed E-state index contributed by atoms with van der Waals surface area (Å²) in [5.74, 6) is 1.11. The Morgan fingerprint density at radius 1 is 0.895 bits per heavy atom. The van der Waals surface area contributed by atoms with Crippen LogP contribution in [0.5, 0.6) is 0 Å². The van der Waals surface area contributed by atoms with Crippen LogP contribution in [0.3, 0.4) is 0 Å². The first-order valence-electron chi connectivity index (χ1n) is 8.12. The van der Waals surface area contributed by atoms with Gasteiger partial charge in [-0.15, -0.1) is 0 Å². The monoisotopic (exact) mass is 265 g/mol. The Balaban J connectivity index is 1.86. The predicted molar refractivity (Wildman–Crippen MR) is 82.5 cm³/mol. The topological polar surface area (TPSA) is 21.3 Å². The van der Waals surface area contributed by atoms with Gasteiger partial charge in [-0.1, -0.05) is 64.7 Å². The maximum absolute atomic E-state index is 5.51. The van der Waals surface area contributed by atoms with E-state index >= 15 is 0 Å². The summed E-state index contributed by atoms with van der Waals surface area (Å²) in [5.41, 5.74) is 1.17. The molecule has 0 atom stereocenters. The second-order valence-electron chi connectivity index (χ2n) is 5.55. The van der Waals surface area contributed by atoms with E-state index in [-0.39, 0.29) is 0 Å². The Bertz CT molecular complexity index is 281. The van der Waals surface area contributed by atoms with Crippen LogP contribution >= 0.6 is 0 Å². The Morgan fingerprint density at radius 2 is 1.47 bits per heavy atom. The quantitative estimate of drug-likeness (QED) is 0.489. The fourth-order valence-electron chi connectivity index (χ4n) is 2.46. The summed E-state index contributed by atoms with van der Waals surface area (Å²) in [6.07, 6.45) is 18.5. The number of allylic oxidation sites excluding steroid dienone is 2. The molecule has 0 aliphatic carbocycles. The average Bonchev–Trinajstić information content (AvgIpc) is 2.43. The van der Waals surface area contributed by atoms with Crippen molar-refractivity contribution in [2.24, 2.45) is 0 Å². The maximum Gasteiger partial charge on any atom is 0.122 e.